The summed E-state index contributed by atoms with van der Waals surface area (Å²) in [4.78, 5) is 14.6. The highest BCUT2D eigenvalue weighted by Gasteiger charge is 2.23. The van der Waals surface area contributed by atoms with E-state index >= 15 is 0 Å². The molecule has 0 saturated carbocycles. The van der Waals surface area contributed by atoms with Gasteiger partial charge >= 0.3 is 6.01 Å². The predicted octanol–water partition coefficient (Wildman–Crippen LogP) is 0.431. The van der Waals surface area contributed by atoms with Gasteiger partial charge in [-0.1, -0.05) is 6.92 Å². The lowest BCUT2D eigenvalue weighted by Crippen LogP contribution is -2.42. The van der Waals surface area contributed by atoms with E-state index in [0.29, 0.717) is 31.6 Å². The van der Waals surface area contributed by atoms with E-state index in [2.05, 4.69) is 33.3 Å². The van der Waals surface area contributed by atoms with E-state index < -0.39 is 6.10 Å². The number of nitrogens with one attached hydrogen (secondary N) is 1. The zero-order chi connectivity index (χ0) is 14.4. The smallest absolute Gasteiger partial charge is 0.322 e. The third-order valence-electron chi connectivity index (χ3n) is 2.81. The molecule has 2 rings (SSSR count). The summed E-state index contributed by atoms with van der Waals surface area (Å²) in [7, 11) is 1.51. The maximum absolute atomic E-state index is 8.94. The third-order valence-corrected chi connectivity index (χ3v) is 2.81. The number of aromatic nitrogens is 3. The second-order valence-electron chi connectivity index (χ2n) is 4.31. The maximum atomic E-state index is 8.94. The molecule has 1 atom stereocenters. The number of nitrogens with zero attached hydrogens (tertiary/aromatic N) is 5. The number of nitriles is 1. The van der Waals surface area contributed by atoms with Gasteiger partial charge < -0.3 is 19.7 Å². The van der Waals surface area contributed by atoms with Crippen LogP contribution in [0, 0.1) is 11.3 Å². The summed E-state index contributed by atoms with van der Waals surface area (Å²) in [5.41, 5.74) is 0. The largest absolute Gasteiger partial charge is 0.467 e. The van der Waals surface area contributed by atoms with Gasteiger partial charge in [0, 0.05) is 13.1 Å². The van der Waals surface area contributed by atoms with Crippen molar-refractivity contribution in [2.45, 2.75) is 19.4 Å². The molecule has 1 saturated heterocycles. The first-order chi connectivity index (χ1) is 9.76. The standard InChI is InChI=1S/C12H18N6O2/c1-3-4-14-10-15-11(17-12(16-10)19-2)18-5-6-20-9(7-13)8-18/h9H,3-6,8H2,1-2H3,(H,14,15,16,17). The third kappa shape index (κ3) is 3.45. The molecule has 0 radical (unpaired) electrons. The number of anilines is 2. The molecule has 1 aromatic heterocycles. The summed E-state index contributed by atoms with van der Waals surface area (Å²) in [6, 6.07) is 2.36. The fourth-order valence-electron chi connectivity index (χ4n) is 1.80. The molecule has 1 aliphatic rings. The van der Waals surface area contributed by atoms with E-state index in [4.69, 9.17) is 14.7 Å². The Hall–Kier alpha value is -2.14. The molecule has 108 valence electrons. The second-order valence-corrected chi connectivity index (χ2v) is 4.31. The number of morpholine rings is 1. The van der Waals surface area contributed by atoms with Crippen LogP contribution in [0.25, 0.3) is 0 Å². The molecule has 0 amide bonds. The van der Waals surface area contributed by atoms with E-state index in [0.717, 1.165) is 13.0 Å². The van der Waals surface area contributed by atoms with Gasteiger partial charge in [0.15, 0.2) is 6.10 Å². The van der Waals surface area contributed by atoms with Gasteiger partial charge in [0.05, 0.1) is 26.3 Å². The summed E-state index contributed by atoms with van der Waals surface area (Å²) < 4.78 is 10.4. The van der Waals surface area contributed by atoms with Crippen LogP contribution in [-0.4, -0.2) is 54.4 Å². The molecule has 2 heterocycles. The lowest BCUT2D eigenvalue weighted by Gasteiger charge is -2.29. The minimum Gasteiger partial charge on any atom is -0.467 e. The Morgan fingerprint density at radius 2 is 2.35 bits per heavy atom. The van der Waals surface area contributed by atoms with Crippen molar-refractivity contribution in [3.8, 4) is 12.1 Å². The first-order valence-electron chi connectivity index (χ1n) is 6.57. The van der Waals surface area contributed by atoms with E-state index in [1.165, 1.54) is 7.11 Å². The molecule has 1 fully saturated rings. The van der Waals surface area contributed by atoms with Gasteiger partial charge in [-0.05, 0) is 6.42 Å². The monoisotopic (exact) mass is 278 g/mol. The number of ether oxygens (including phenoxy) is 2. The van der Waals surface area contributed by atoms with E-state index in [1.54, 1.807) is 0 Å². The van der Waals surface area contributed by atoms with Gasteiger partial charge in [-0.3, -0.25) is 0 Å². The Balaban J connectivity index is 2.19. The van der Waals surface area contributed by atoms with Crippen molar-refractivity contribution < 1.29 is 9.47 Å². The molecule has 1 aliphatic heterocycles. The van der Waals surface area contributed by atoms with Crippen molar-refractivity contribution in [2.75, 3.05) is 43.6 Å². The van der Waals surface area contributed by atoms with Gasteiger partial charge in [-0.2, -0.15) is 20.2 Å². The average molecular weight is 278 g/mol. The molecule has 0 spiro atoms. The van der Waals surface area contributed by atoms with Gasteiger partial charge in [-0.15, -0.1) is 0 Å². The fraction of sp³-hybridized carbons (Fsp3) is 0.667. The zero-order valence-electron chi connectivity index (χ0n) is 11.7. The average Bonchev–Trinajstić information content (AvgIpc) is 2.52. The number of methoxy groups -OCH3 is 1. The van der Waals surface area contributed by atoms with Crippen molar-refractivity contribution in [2.24, 2.45) is 0 Å². The van der Waals surface area contributed by atoms with Crippen LogP contribution < -0.4 is 15.0 Å². The minimum absolute atomic E-state index is 0.258. The van der Waals surface area contributed by atoms with Gasteiger partial charge in [-0.25, -0.2) is 0 Å². The van der Waals surface area contributed by atoms with Crippen LogP contribution >= 0.6 is 0 Å². The SMILES string of the molecule is CCCNc1nc(OC)nc(N2CCOC(C#N)C2)n1. The van der Waals surface area contributed by atoms with Crippen LogP contribution in [0.1, 0.15) is 13.3 Å². The molecule has 1 aromatic rings. The highest BCUT2D eigenvalue weighted by Crippen LogP contribution is 2.17. The van der Waals surface area contributed by atoms with Crippen LogP contribution in [0.4, 0.5) is 11.9 Å². The van der Waals surface area contributed by atoms with Crippen molar-refractivity contribution >= 4 is 11.9 Å². The summed E-state index contributed by atoms with van der Waals surface area (Å²) in [5, 5.41) is 12.0. The molecule has 0 bridgehead atoms. The van der Waals surface area contributed by atoms with Crippen LogP contribution in [0.3, 0.4) is 0 Å². The number of hydrogen-bond acceptors (Lipinski definition) is 8. The highest BCUT2D eigenvalue weighted by molar-refractivity contribution is 5.39. The molecule has 8 nitrogen and oxygen atoms in total. The normalized spacial score (nSPS) is 18.4. The summed E-state index contributed by atoms with van der Waals surface area (Å²) in [6.07, 6.45) is 0.510. The molecule has 20 heavy (non-hydrogen) atoms. The number of hydrogen-bond donors (Lipinski definition) is 1. The molecule has 8 heteroatoms. The lowest BCUT2D eigenvalue weighted by atomic mass is 10.3. The molecule has 1 N–H and O–H groups in total. The van der Waals surface area contributed by atoms with E-state index in [9.17, 15) is 0 Å². The molecule has 1 unspecified atom stereocenters. The maximum Gasteiger partial charge on any atom is 0.322 e. The zero-order valence-corrected chi connectivity index (χ0v) is 11.7. The predicted molar refractivity (Wildman–Crippen MR) is 72.7 cm³/mol. The van der Waals surface area contributed by atoms with E-state index in [1.807, 2.05) is 4.90 Å². The van der Waals surface area contributed by atoms with Gasteiger partial charge in [0.25, 0.3) is 0 Å². The van der Waals surface area contributed by atoms with E-state index in [-0.39, 0.29) is 6.01 Å². The molecule has 0 aromatic carbocycles. The van der Waals surface area contributed by atoms with Crippen LogP contribution in [0.2, 0.25) is 0 Å². The topological polar surface area (TPSA) is 96.2 Å². The highest BCUT2D eigenvalue weighted by atomic mass is 16.5. The van der Waals surface area contributed by atoms with Crippen molar-refractivity contribution in [3.63, 3.8) is 0 Å². The van der Waals surface area contributed by atoms with Crippen LogP contribution in [0.5, 0.6) is 6.01 Å². The summed E-state index contributed by atoms with van der Waals surface area (Å²) in [5.74, 6) is 0.979. The Morgan fingerprint density at radius 3 is 3.05 bits per heavy atom. The number of rotatable bonds is 5. The fourth-order valence-corrected chi connectivity index (χ4v) is 1.80. The quantitative estimate of drug-likeness (QED) is 0.828. The molecule has 0 aliphatic carbocycles. The lowest BCUT2D eigenvalue weighted by molar-refractivity contribution is 0.0757. The van der Waals surface area contributed by atoms with Gasteiger partial charge in [0.2, 0.25) is 11.9 Å². The Labute approximate surface area is 117 Å². The Morgan fingerprint density at radius 1 is 1.50 bits per heavy atom. The second kappa shape index (κ2) is 6.86. The Kier molecular flexibility index (Phi) is 4.90. The Bertz CT molecular complexity index is 489. The minimum atomic E-state index is -0.460. The molecular weight excluding hydrogens is 260 g/mol. The summed E-state index contributed by atoms with van der Waals surface area (Å²) >= 11 is 0. The van der Waals surface area contributed by atoms with Crippen LogP contribution in [-0.2, 0) is 4.74 Å². The van der Waals surface area contributed by atoms with Crippen LogP contribution in [0.15, 0.2) is 0 Å². The summed E-state index contributed by atoms with van der Waals surface area (Å²) in [6.45, 7) is 4.39. The first kappa shape index (κ1) is 14.3. The first-order valence-corrected chi connectivity index (χ1v) is 6.57. The van der Waals surface area contributed by atoms with Gasteiger partial charge in [0.1, 0.15) is 0 Å². The van der Waals surface area contributed by atoms with Crippen molar-refractivity contribution in [1.29, 1.82) is 5.26 Å². The molecular formula is C12H18N6O2. The van der Waals surface area contributed by atoms with Crippen molar-refractivity contribution in [3.05, 3.63) is 0 Å². The van der Waals surface area contributed by atoms with Crippen molar-refractivity contribution in [1.82, 2.24) is 15.0 Å².